The number of rotatable bonds is 7. The van der Waals surface area contributed by atoms with E-state index in [0.29, 0.717) is 17.1 Å². The van der Waals surface area contributed by atoms with Crippen LogP contribution in [0.4, 0.5) is 20.2 Å². The molecule has 2 atom stereocenters. The monoisotopic (exact) mass is 412 g/mol. The molecule has 0 saturated carbocycles. The van der Waals surface area contributed by atoms with Crippen molar-refractivity contribution in [2.75, 3.05) is 23.7 Å². The largest absolute Gasteiger partial charge is 0.320 e. The number of fused-ring (bicyclic) bond motifs is 1. The normalized spacial score (nSPS) is 12.9. The fraction of sp³-hybridized carbons (Fsp3) is 0.217. The van der Waals surface area contributed by atoms with Gasteiger partial charge in [0.25, 0.3) is 11.8 Å². The highest BCUT2D eigenvalue weighted by atomic mass is 19.1. The predicted molar refractivity (Wildman–Crippen MR) is 113 cm³/mol. The summed E-state index contributed by atoms with van der Waals surface area (Å²) in [5, 5.41) is 7.13. The highest BCUT2D eigenvalue weighted by molar-refractivity contribution is 6.03. The molecule has 0 aliphatic carbocycles. The number of para-hydroxylation sites is 1. The molecule has 7 heteroatoms. The Morgan fingerprint density at radius 2 is 1.57 bits per heavy atom. The van der Waals surface area contributed by atoms with Gasteiger partial charge in [-0.05, 0) is 37.4 Å². The number of carbonyl (C=O) groups excluding carboxylic acids is 2. The van der Waals surface area contributed by atoms with Gasteiger partial charge in [-0.1, -0.05) is 42.5 Å². The van der Waals surface area contributed by atoms with E-state index in [1.165, 1.54) is 6.07 Å². The predicted octanol–water partition coefficient (Wildman–Crippen LogP) is 2.99. The first kappa shape index (κ1) is 21.4. The van der Waals surface area contributed by atoms with Gasteiger partial charge < -0.3 is 15.5 Å². The second kappa shape index (κ2) is 9.45. The number of anilines is 2. The quantitative estimate of drug-likeness (QED) is 0.559. The topological polar surface area (TPSA) is 62.6 Å². The van der Waals surface area contributed by atoms with E-state index in [0.717, 1.165) is 22.9 Å². The van der Waals surface area contributed by atoms with Gasteiger partial charge in [0, 0.05) is 11.1 Å². The Bertz CT molecular complexity index is 1050. The van der Waals surface area contributed by atoms with E-state index in [9.17, 15) is 18.4 Å². The van der Waals surface area contributed by atoms with Crippen LogP contribution < -0.4 is 15.5 Å². The molecule has 0 spiro atoms. The Balaban J connectivity index is 1.68. The van der Waals surface area contributed by atoms with Gasteiger partial charge >= 0.3 is 0 Å². The summed E-state index contributed by atoms with van der Waals surface area (Å²) >= 11 is 0. The van der Waals surface area contributed by atoms with E-state index in [1.54, 1.807) is 6.92 Å². The standard InChI is InChI=1S/C23H23F2N3O2/c1-3-28(14-21(29)27-22-18(24)11-7-12-19(22)25)15(2)23(30)26-20-13-6-9-16-8-4-5-10-17(16)20/h4-13,15H,3,14H2,1-2H3,(H,26,30)(H,27,29)/p+1/t15-/m0/s1. The van der Waals surface area contributed by atoms with Gasteiger partial charge in [0.1, 0.15) is 17.3 Å². The number of amides is 2. The van der Waals surface area contributed by atoms with E-state index in [1.807, 2.05) is 49.4 Å². The smallest absolute Gasteiger partial charge is 0.282 e. The number of benzene rings is 3. The van der Waals surface area contributed by atoms with Gasteiger partial charge in [-0.25, -0.2) is 8.78 Å². The van der Waals surface area contributed by atoms with E-state index < -0.39 is 29.3 Å². The first-order valence-corrected chi connectivity index (χ1v) is 9.77. The van der Waals surface area contributed by atoms with Gasteiger partial charge in [-0.3, -0.25) is 9.59 Å². The fourth-order valence-corrected chi connectivity index (χ4v) is 3.35. The molecule has 0 bridgehead atoms. The summed E-state index contributed by atoms with van der Waals surface area (Å²) in [6, 6.07) is 16.2. The Kier molecular flexibility index (Phi) is 6.74. The van der Waals surface area contributed by atoms with Crippen molar-refractivity contribution >= 4 is 34.0 Å². The van der Waals surface area contributed by atoms with Crippen LogP contribution in [0, 0.1) is 11.6 Å². The van der Waals surface area contributed by atoms with Crippen LogP contribution in [-0.2, 0) is 9.59 Å². The third-order valence-electron chi connectivity index (χ3n) is 5.12. The van der Waals surface area contributed by atoms with E-state index in [-0.39, 0.29) is 12.5 Å². The molecule has 0 radical (unpaired) electrons. The molecule has 156 valence electrons. The number of halogens is 2. The number of quaternary nitrogens is 1. The minimum absolute atomic E-state index is 0.103. The molecule has 0 aromatic heterocycles. The lowest BCUT2D eigenvalue weighted by Crippen LogP contribution is -3.17. The number of hydrogen-bond acceptors (Lipinski definition) is 2. The molecule has 0 aliphatic rings. The summed E-state index contributed by atoms with van der Waals surface area (Å²) in [5.74, 6) is -2.50. The molecule has 3 aromatic carbocycles. The second-order valence-corrected chi connectivity index (χ2v) is 7.07. The molecule has 3 rings (SSSR count). The van der Waals surface area contributed by atoms with Crippen molar-refractivity contribution < 1.29 is 23.3 Å². The first-order chi connectivity index (χ1) is 14.4. The highest BCUT2D eigenvalue weighted by Gasteiger charge is 2.27. The Labute approximate surface area is 173 Å². The lowest BCUT2D eigenvalue weighted by molar-refractivity contribution is -0.904. The Morgan fingerprint density at radius 3 is 2.27 bits per heavy atom. The maximum absolute atomic E-state index is 13.8. The number of likely N-dealkylation sites (N-methyl/N-ethyl adjacent to an activating group) is 1. The molecule has 5 nitrogen and oxygen atoms in total. The third-order valence-corrected chi connectivity index (χ3v) is 5.12. The lowest BCUT2D eigenvalue weighted by atomic mass is 10.1. The molecule has 0 fully saturated rings. The highest BCUT2D eigenvalue weighted by Crippen LogP contribution is 2.23. The number of hydrogen-bond donors (Lipinski definition) is 3. The van der Waals surface area contributed by atoms with Crippen molar-refractivity contribution in [3.63, 3.8) is 0 Å². The minimum atomic E-state index is -0.844. The molecule has 0 aliphatic heterocycles. The van der Waals surface area contributed by atoms with Crippen LogP contribution in [0.5, 0.6) is 0 Å². The van der Waals surface area contributed by atoms with Crippen molar-refractivity contribution in [1.29, 1.82) is 0 Å². The molecule has 1 unspecified atom stereocenters. The maximum Gasteiger partial charge on any atom is 0.282 e. The molecule has 3 N–H and O–H groups in total. The van der Waals surface area contributed by atoms with Gasteiger partial charge in [0.05, 0.1) is 6.54 Å². The average molecular weight is 412 g/mol. The summed E-state index contributed by atoms with van der Waals surface area (Å²) in [4.78, 5) is 25.8. The number of nitrogens with one attached hydrogen (secondary N) is 3. The average Bonchev–Trinajstić information content (AvgIpc) is 2.74. The van der Waals surface area contributed by atoms with Crippen LogP contribution in [0.25, 0.3) is 10.8 Å². The van der Waals surface area contributed by atoms with Crippen molar-refractivity contribution in [3.8, 4) is 0 Å². The summed E-state index contributed by atoms with van der Waals surface area (Å²) in [6.45, 7) is 3.94. The number of carbonyl (C=O) groups is 2. The second-order valence-electron chi connectivity index (χ2n) is 7.07. The van der Waals surface area contributed by atoms with Gasteiger partial charge in [-0.15, -0.1) is 0 Å². The molecule has 0 saturated heterocycles. The van der Waals surface area contributed by atoms with Crippen molar-refractivity contribution in [1.82, 2.24) is 0 Å². The van der Waals surface area contributed by atoms with Gasteiger partial charge in [0.2, 0.25) is 0 Å². The summed E-state index contributed by atoms with van der Waals surface area (Å²) in [6.07, 6.45) is 0. The molecule has 30 heavy (non-hydrogen) atoms. The molecule has 3 aromatic rings. The van der Waals surface area contributed by atoms with E-state index in [2.05, 4.69) is 10.6 Å². The van der Waals surface area contributed by atoms with Crippen LogP contribution >= 0.6 is 0 Å². The molecular weight excluding hydrogens is 388 g/mol. The summed E-state index contributed by atoms with van der Waals surface area (Å²) < 4.78 is 27.5. The maximum atomic E-state index is 13.8. The molecule has 2 amide bonds. The first-order valence-electron chi connectivity index (χ1n) is 9.77. The Morgan fingerprint density at radius 1 is 0.933 bits per heavy atom. The fourth-order valence-electron chi connectivity index (χ4n) is 3.35. The summed E-state index contributed by atoms with van der Waals surface area (Å²) in [7, 11) is 0. The van der Waals surface area contributed by atoms with Crippen LogP contribution in [-0.4, -0.2) is 30.9 Å². The van der Waals surface area contributed by atoms with E-state index in [4.69, 9.17) is 0 Å². The van der Waals surface area contributed by atoms with Crippen LogP contribution in [0.3, 0.4) is 0 Å². The SMILES string of the molecule is CC[NH+](CC(=O)Nc1c(F)cccc1F)[C@@H](C)C(=O)Nc1cccc2ccccc12. The van der Waals surface area contributed by atoms with Crippen molar-refractivity contribution in [2.45, 2.75) is 19.9 Å². The Hall–Kier alpha value is -3.32. The minimum Gasteiger partial charge on any atom is -0.320 e. The third kappa shape index (κ3) is 4.80. The van der Waals surface area contributed by atoms with Crippen LogP contribution in [0.1, 0.15) is 13.8 Å². The van der Waals surface area contributed by atoms with Crippen LogP contribution in [0.15, 0.2) is 60.7 Å². The van der Waals surface area contributed by atoms with Crippen LogP contribution in [0.2, 0.25) is 0 Å². The zero-order valence-corrected chi connectivity index (χ0v) is 16.8. The zero-order chi connectivity index (χ0) is 21.7. The van der Waals surface area contributed by atoms with Crippen molar-refractivity contribution in [2.24, 2.45) is 0 Å². The lowest BCUT2D eigenvalue weighted by Gasteiger charge is -2.24. The van der Waals surface area contributed by atoms with Gasteiger partial charge in [-0.2, -0.15) is 0 Å². The van der Waals surface area contributed by atoms with E-state index >= 15 is 0 Å². The summed E-state index contributed by atoms with van der Waals surface area (Å²) in [5.41, 5.74) is 0.212. The van der Waals surface area contributed by atoms with Gasteiger partial charge in [0.15, 0.2) is 12.6 Å². The zero-order valence-electron chi connectivity index (χ0n) is 16.8. The van der Waals surface area contributed by atoms with Crippen molar-refractivity contribution in [3.05, 3.63) is 72.3 Å². The molecular formula is C23H24F2N3O2+. The molecule has 0 heterocycles.